The Morgan fingerprint density at radius 1 is 1.63 bits per heavy atom. The number of nitrogens with one attached hydrogen (secondary N) is 1. The molecule has 0 saturated heterocycles. The molecule has 102 valence electrons. The van der Waals surface area contributed by atoms with Crippen LogP contribution >= 0.6 is 23.6 Å². The van der Waals surface area contributed by atoms with Crippen molar-refractivity contribution >= 4 is 33.8 Å². The summed E-state index contributed by atoms with van der Waals surface area (Å²) in [6.07, 6.45) is 2.54. The molecule has 0 radical (unpaired) electrons. The van der Waals surface area contributed by atoms with Crippen LogP contribution in [0.15, 0.2) is 16.2 Å². The molecule has 1 unspecified atom stereocenters. The van der Waals surface area contributed by atoms with E-state index in [1.165, 1.54) is 24.2 Å². The van der Waals surface area contributed by atoms with Crippen LogP contribution in [0.3, 0.4) is 0 Å². The van der Waals surface area contributed by atoms with Gasteiger partial charge in [-0.2, -0.15) is 0 Å². The van der Waals surface area contributed by atoms with Crippen LogP contribution in [0.2, 0.25) is 0 Å². The van der Waals surface area contributed by atoms with Gasteiger partial charge in [0.1, 0.15) is 4.70 Å². The molecule has 1 saturated carbocycles. The van der Waals surface area contributed by atoms with Crippen LogP contribution in [0.25, 0.3) is 10.2 Å². The maximum Gasteiger partial charge on any atom is 0.272 e. The molecule has 1 atom stereocenters. The molecule has 2 aromatic rings. The van der Waals surface area contributed by atoms with Gasteiger partial charge < -0.3 is 4.98 Å². The molecule has 1 aliphatic rings. The summed E-state index contributed by atoms with van der Waals surface area (Å²) < 4.78 is 2.97. The molecule has 1 aliphatic carbocycles. The van der Waals surface area contributed by atoms with E-state index in [0.717, 1.165) is 10.2 Å². The molecule has 0 aliphatic heterocycles. The summed E-state index contributed by atoms with van der Waals surface area (Å²) in [7, 11) is 2.13. The van der Waals surface area contributed by atoms with Gasteiger partial charge in [0, 0.05) is 18.6 Å². The highest BCUT2D eigenvalue weighted by molar-refractivity contribution is 7.71. The van der Waals surface area contributed by atoms with Crippen molar-refractivity contribution in [1.29, 1.82) is 0 Å². The summed E-state index contributed by atoms with van der Waals surface area (Å²) in [6.45, 7) is 2.80. The Bertz CT molecular complexity index is 710. The van der Waals surface area contributed by atoms with Crippen molar-refractivity contribution in [3.63, 3.8) is 0 Å². The number of nitrogens with zero attached hydrogens (tertiary/aromatic N) is 2. The van der Waals surface area contributed by atoms with Crippen molar-refractivity contribution in [2.75, 3.05) is 7.05 Å². The quantitative estimate of drug-likeness (QED) is 0.882. The van der Waals surface area contributed by atoms with Gasteiger partial charge in [0.05, 0.1) is 5.52 Å². The van der Waals surface area contributed by atoms with Gasteiger partial charge in [-0.25, -0.2) is 0 Å². The van der Waals surface area contributed by atoms with Gasteiger partial charge in [-0.3, -0.25) is 14.3 Å². The molecule has 0 bridgehead atoms. The average Bonchev–Trinajstić information content (AvgIpc) is 3.13. The van der Waals surface area contributed by atoms with Crippen molar-refractivity contribution in [2.24, 2.45) is 0 Å². The minimum absolute atomic E-state index is 0.0322. The molecular weight excluding hydrogens is 278 g/mol. The SMILES string of the molecule is CC(Cn1c(=S)[nH]c2ccsc2c1=O)N(C)C1CC1. The lowest BCUT2D eigenvalue weighted by Crippen LogP contribution is -2.37. The molecular formula is C13H17N3OS2. The average molecular weight is 295 g/mol. The lowest BCUT2D eigenvalue weighted by molar-refractivity contribution is 0.223. The van der Waals surface area contributed by atoms with Crippen LogP contribution in [-0.4, -0.2) is 33.6 Å². The topological polar surface area (TPSA) is 41.0 Å². The third kappa shape index (κ3) is 2.40. The zero-order valence-electron chi connectivity index (χ0n) is 11.0. The van der Waals surface area contributed by atoms with Crippen LogP contribution in [0.5, 0.6) is 0 Å². The first-order valence-corrected chi connectivity index (χ1v) is 7.79. The van der Waals surface area contributed by atoms with E-state index < -0.39 is 0 Å². The van der Waals surface area contributed by atoms with Crippen molar-refractivity contribution in [1.82, 2.24) is 14.5 Å². The van der Waals surface area contributed by atoms with Crippen LogP contribution in [0.1, 0.15) is 19.8 Å². The Morgan fingerprint density at radius 2 is 2.37 bits per heavy atom. The lowest BCUT2D eigenvalue weighted by atomic mass is 10.3. The highest BCUT2D eigenvalue weighted by atomic mass is 32.1. The largest absolute Gasteiger partial charge is 0.331 e. The first-order chi connectivity index (χ1) is 9.08. The summed E-state index contributed by atoms with van der Waals surface area (Å²) in [5.74, 6) is 0. The number of aromatic nitrogens is 2. The van der Waals surface area contributed by atoms with E-state index in [1.54, 1.807) is 4.57 Å². The molecule has 0 aromatic carbocycles. The summed E-state index contributed by atoms with van der Waals surface area (Å²) in [6, 6.07) is 2.91. The van der Waals surface area contributed by atoms with E-state index in [2.05, 4.69) is 23.9 Å². The fourth-order valence-electron chi connectivity index (χ4n) is 2.37. The van der Waals surface area contributed by atoms with Crippen molar-refractivity contribution in [3.05, 3.63) is 26.6 Å². The monoisotopic (exact) mass is 295 g/mol. The minimum Gasteiger partial charge on any atom is -0.331 e. The number of hydrogen-bond donors (Lipinski definition) is 1. The van der Waals surface area contributed by atoms with Crippen LogP contribution in [-0.2, 0) is 6.54 Å². The fourth-order valence-corrected chi connectivity index (χ4v) is 3.44. The molecule has 0 amide bonds. The first kappa shape index (κ1) is 13.0. The third-order valence-electron chi connectivity index (χ3n) is 3.86. The molecule has 2 heterocycles. The molecule has 2 aromatic heterocycles. The van der Waals surface area contributed by atoms with E-state index in [0.29, 0.717) is 23.4 Å². The molecule has 19 heavy (non-hydrogen) atoms. The Labute approximate surface area is 120 Å². The first-order valence-electron chi connectivity index (χ1n) is 6.50. The van der Waals surface area contributed by atoms with Gasteiger partial charge in [0.15, 0.2) is 4.77 Å². The number of likely N-dealkylation sites (N-methyl/N-ethyl adjacent to an activating group) is 1. The van der Waals surface area contributed by atoms with E-state index >= 15 is 0 Å². The van der Waals surface area contributed by atoms with E-state index in [9.17, 15) is 4.79 Å². The summed E-state index contributed by atoms with van der Waals surface area (Å²) in [5, 5.41) is 1.92. The normalized spacial score (nSPS) is 17.2. The third-order valence-corrected chi connectivity index (χ3v) is 5.08. The van der Waals surface area contributed by atoms with E-state index in [1.807, 2.05) is 11.4 Å². The molecule has 0 spiro atoms. The molecule has 6 heteroatoms. The van der Waals surface area contributed by atoms with Gasteiger partial charge in [-0.1, -0.05) is 0 Å². The molecule has 1 fully saturated rings. The second-order valence-electron chi connectivity index (χ2n) is 5.25. The fraction of sp³-hybridized carbons (Fsp3) is 0.538. The van der Waals surface area contributed by atoms with Crippen molar-refractivity contribution < 1.29 is 0 Å². The van der Waals surface area contributed by atoms with Crippen LogP contribution in [0, 0.1) is 4.77 Å². The van der Waals surface area contributed by atoms with Crippen molar-refractivity contribution in [3.8, 4) is 0 Å². The molecule has 4 nitrogen and oxygen atoms in total. The number of aromatic amines is 1. The van der Waals surface area contributed by atoms with Gasteiger partial charge in [-0.05, 0) is 50.5 Å². The van der Waals surface area contributed by atoms with Crippen LogP contribution in [0.4, 0.5) is 0 Å². The Kier molecular flexibility index (Phi) is 3.32. The number of hydrogen-bond acceptors (Lipinski definition) is 4. The van der Waals surface area contributed by atoms with Crippen molar-refractivity contribution in [2.45, 2.75) is 38.4 Å². The van der Waals surface area contributed by atoms with Gasteiger partial charge >= 0.3 is 0 Å². The van der Waals surface area contributed by atoms with Gasteiger partial charge in [0.25, 0.3) is 5.56 Å². The molecule has 3 rings (SSSR count). The Hall–Kier alpha value is -0.980. The maximum atomic E-state index is 12.4. The number of H-pyrrole nitrogens is 1. The summed E-state index contributed by atoms with van der Waals surface area (Å²) in [4.78, 5) is 17.9. The standard InChI is InChI=1S/C13H17N3OS2/c1-8(15(2)9-3-4-9)7-16-12(17)11-10(5-6-19-11)14-13(16)18/h5-6,8-9H,3-4,7H2,1-2H3,(H,14,18). The number of thiophene rings is 1. The smallest absolute Gasteiger partial charge is 0.272 e. The highest BCUT2D eigenvalue weighted by Crippen LogP contribution is 2.27. The van der Waals surface area contributed by atoms with E-state index in [4.69, 9.17) is 12.2 Å². The Morgan fingerprint density at radius 3 is 3.05 bits per heavy atom. The Balaban J connectivity index is 1.95. The van der Waals surface area contributed by atoms with Gasteiger partial charge in [-0.15, -0.1) is 11.3 Å². The second kappa shape index (κ2) is 4.85. The second-order valence-corrected chi connectivity index (χ2v) is 6.56. The summed E-state index contributed by atoms with van der Waals surface area (Å²) in [5.41, 5.74) is 0.879. The molecule has 1 N–H and O–H groups in total. The lowest BCUT2D eigenvalue weighted by Gasteiger charge is -2.25. The predicted octanol–water partition coefficient (Wildman–Crippen LogP) is 2.60. The zero-order chi connectivity index (χ0) is 13.6. The highest BCUT2D eigenvalue weighted by Gasteiger charge is 2.29. The minimum atomic E-state index is 0.0322. The predicted molar refractivity (Wildman–Crippen MR) is 81.5 cm³/mol. The maximum absolute atomic E-state index is 12.4. The van der Waals surface area contributed by atoms with Crippen LogP contribution < -0.4 is 5.56 Å². The summed E-state index contributed by atoms with van der Waals surface area (Å²) >= 11 is 6.78. The van der Waals surface area contributed by atoms with E-state index in [-0.39, 0.29) is 5.56 Å². The number of fused-ring (bicyclic) bond motifs is 1. The number of rotatable bonds is 4. The van der Waals surface area contributed by atoms with Gasteiger partial charge in [0.2, 0.25) is 0 Å². The zero-order valence-corrected chi connectivity index (χ0v) is 12.7.